The largest absolute Gasteiger partial charge is 0.336 e. The zero-order chi connectivity index (χ0) is 13.7. The third-order valence-corrected chi connectivity index (χ3v) is 4.03. The van der Waals surface area contributed by atoms with Gasteiger partial charge < -0.3 is 9.88 Å². The number of nitrogens with zero attached hydrogens (tertiary/aromatic N) is 2. The normalized spacial score (nSPS) is 21.5. The maximum atomic E-state index is 4.13. The van der Waals surface area contributed by atoms with Gasteiger partial charge in [-0.1, -0.05) is 32.9 Å². The molecule has 3 heteroatoms. The van der Waals surface area contributed by atoms with Crippen molar-refractivity contribution in [2.75, 3.05) is 6.54 Å². The number of aromatic nitrogens is 2. The van der Waals surface area contributed by atoms with E-state index < -0.39 is 0 Å². The van der Waals surface area contributed by atoms with Gasteiger partial charge in [-0.25, -0.2) is 4.98 Å². The molecule has 2 unspecified atom stereocenters. The molecule has 1 aromatic heterocycles. The number of imidazole rings is 1. The fourth-order valence-electron chi connectivity index (χ4n) is 2.60. The maximum Gasteiger partial charge on any atom is 0.0946 e. The van der Waals surface area contributed by atoms with Crippen LogP contribution in [0.4, 0.5) is 0 Å². The smallest absolute Gasteiger partial charge is 0.0946 e. The Morgan fingerprint density at radius 3 is 2.79 bits per heavy atom. The summed E-state index contributed by atoms with van der Waals surface area (Å²) in [4.78, 5) is 4.13. The number of nitrogens with one attached hydrogen (secondary N) is 1. The SMILES string of the molecule is CC(C)(C)C(Cn1ccnc1)NCC1CC=CCC1. The number of hydrogen-bond acceptors (Lipinski definition) is 2. The van der Waals surface area contributed by atoms with Crippen LogP contribution in [0.5, 0.6) is 0 Å². The van der Waals surface area contributed by atoms with E-state index in [1.54, 1.807) is 0 Å². The summed E-state index contributed by atoms with van der Waals surface area (Å²) in [6.45, 7) is 9.04. The highest BCUT2D eigenvalue weighted by Crippen LogP contribution is 2.23. The number of rotatable bonds is 5. The second kappa shape index (κ2) is 6.38. The standard InChI is InChI=1S/C16H27N3/c1-16(2,3)15(12-19-10-9-17-13-19)18-11-14-7-5-4-6-8-14/h4-5,9-10,13-15,18H,6-8,11-12H2,1-3H3. The Kier molecular flexibility index (Phi) is 4.81. The predicted octanol–water partition coefficient (Wildman–Crippen LogP) is 3.24. The van der Waals surface area contributed by atoms with Gasteiger partial charge in [0.15, 0.2) is 0 Å². The van der Waals surface area contributed by atoms with Gasteiger partial charge in [0.25, 0.3) is 0 Å². The van der Waals surface area contributed by atoms with Crippen LogP contribution in [0.15, 0.2) is 30.9 Å². The Morgan fingerprint density at radius 2 is 2.21 bits per heavy atom. The van der Waals surface area contributed by atoms with Gasteiger partial charge in [-0.05, 0) is 37.1 Å². The molecule has 0 radical (unpaired) electrons. The van der Waals surface area contributed by atoms with E-state index in [0.29, 0.717) is 6.04 Å². The van der Waals surface area contributed by atoms with Gasteiger partial charge in [0.05, 0.1) is 6.33 Å². The second-order valence-electron chi connectivity index (χ2n) is 6.74. The van der Waals surface area contributed by atoms with Crippen LogP contribution in [-0.2, 0) is 6.54 Å². The van der Waals surface area contributed by atoms with Crippen LogP contribution < -0.4 is 5.32 Å². The molecule has 0 aliphatic heterocycles. The zero-order valence-electron chi connectivity index (χ0n) is 12.5. The lowest BCUT2D eigenvalue weighted by atomic mass is 9.85. The summed E-state index contributed by atoms with van der Waals surface area (Å²) < 4.78 is 2.17. The van der Waals surface area contributed by atoms with Crippen molar-refractivity contribution in [1.29, 1.82) is 0 Å². The fourth-order valence-corrected chi connectivity index (χ4v) is 2.60. The molecule has 1 aliphatic rings. The molecular weight excluding hydrogens is 234 g/mol. The third kappa shape index (κ3) is 4.50. The molecule has 0 fully saturated rings. The third-order valence-electron chi connectivity index (χ3n) is 4.03. The van der Waals surface area contributed by atoms with Crippen molar-refractivity contribution in [2.45, 2.75) is 52.6 Å². The van der Waals surface area contributed by atoms with Crippen molar-refractivity contribution in [3.8, 4) is 0 Å². The monoisotopic (exact) mass is 261 g/mol. The first kappa shape index (κ1) is 14.3. The first-order valence-electron chi connectivity index (χ1n) is 7.40. The highest BCUT2D eigenvalue weighted by molar-refractivity contribution is 4.92. The minimum atomic E-state index is 0.259. The summed E-state index contributed by atoms with van der Waals surface area (Å²) in [7, 11) is 0. The summed E-state index contributed by atoms with van der Waals surface area (Å²) >= 11 is 0. The van der Waals surface area contributed by atoms with Crippen LogP contribution in [0.25, 0.3) is 0 Å². The first-order chi connectivity index (χ1) is 9.05. The first-order valence-corrected chi connectivity index (χ1v) is 7.40. The van der Waals surface area contributed by atoms with E-state index in [-0.39, 0.29) is 5.41 Å². The Bertz CT molecular complexity index is 387. The van der Waals surface area contributed by atoms with Crippen LogP contribution in [0.3, 0.4) is 0 Å². The van der Waals surface area contributed by atoms with Gasteiger partial charge in [-0.2, -0.15) is 0 Å². The molecule has 2 rings (SSSR count). The lowest BCUT2D eigenvalue weighted by Crippen LogP contribution is -2.45. The van der Waals surface area contributed by atoms with Crippen molar-refractivity contribution in [3.05, 3.63) is 30.9 Å². The molecule has 0 spiro atoms. The molecular formula is C16H27N3. The molecule has 106 valence electrons. The molecule has 0 bridgehead atoms. The summed E-state index contributed by atoms with van der Waals surface area (Å²) in [5.41, 5.74) is 0.259. The van der Waals surface area contributed by atoms with Gasteiger partial charge in [0.1, 0.15) is 0 Å². The number of hydrogen-bond donors (Lipinski definition) is 1. The Hall–Kier alpha value is -1.09. The average Bonchev–Trinajstić information content (AvgIpc) is 2.87. The van der Waals surface area contributed by atoms with Gasteiger partial charge in [0, 0.05) is 25.0 Å². The predicted molar refractivity (Wildman–Crippen MR) is 80.0 cm³/mol. The van der Waals surface area contributed by atoms with Gasteiger partial charge >= 0.3 is 0 Å². The Labute approximate surface area is 117 Å². The molecule has 0 saturated carbocycles. The van der Waals surface area contributed by atoms with Crippen LogP contribution in [0.2, 0.25) is 0 Å². The highest BCUT2D eigenvalue weighted by Gasteiger charge is 2.25. The van der Waals surface area contributed by atoms with Crippen LogP contribution in [0.1, 0.15) is 40.0 Å². The molecule has 0 aromatic carbocycles. The Morgan fingerprint density at radius 1 is 1.37 bits per heavy atom. The molecule has 0 amide bonds. The zero-order valence-corrected chi connectivity index (χ0v) is 12.5. The van der Waals surface area contributed by atoms with Gasteiger partial charge in [0.2, 0.25) is 0 Å². The van der Waals surface area contributed by atoms with Crippen molar-refractivity contribution in [1.82, 2.24) is 14.9 Å². The topological polar surface area (TPSA) is 29.9 Å². The van der Waals surface area contributed by atoms with E-state index >= 15 is 0 Å². The van der Waals surface area contributed by atoms with Crippen LogP contribution in [-0.4, -0.2) is 22.1 Å². The molecule has 1 heterocycles. The molecule has 0 saturated heterocycles. The molecule has 19 heavy (non-hydrogen) atoms. The molecule has 1 aliphatic carbocycles. The van der Waals surface area contributed by atoms with E-state index in [9.17, 15) is 0 Å². The quantitative estimate of drug-likeness (QED) is 0.825. The summed E-state index contributed by atoms with van der Waals surface area (Å²) in [6.07, 6.45) is 14.2. The van der Waals surface area contributed by atoms with Gasteiger partial charge in [-0.3, -0.25) is 0 Å². The van der Waals surface area contributed by atoms with E-state index in [2.05, 4.69) is 47.8 Å². The van der Waals surface area contributed by atoms with Crippen molar-refractivity contribution >= 4 is 0 Å². The van der Waals surface area contributed by atoms with Gasteiger partial charge in [-0.15, -0.1) is 0 Å². The molecule has 2 atom stereocenters. The van der Waals surface area contributed by atoms with E-state index in [4.69, 9.17) is 0 Å². The minimum Gasteiger partial charge on any atom is -0.336 e. The lowest BCUT2D eigenvalue weighted by molar-refractivity contribution is 0.229. The summed E-state index contributed by atoms with van der Waals surface area (Å²) in [5, 5.41) is 3.79. The van der Waals surface area contributed by atoms with E-state index in [1.807, 2.05) is 18.7 Å². The van der Waals surface area contributed by atoms with Crippen LogP contribution >= 0.6 is 0 Å². The summed E-state index contributed by atoms with van der Waals surface area (Å²) in [5.74, 6) is 0.803. The summed E-state index contributed by atoms with van der Waals surface area (Å²) in [6, 6.07) is 0.479. The molecule has 1 N–H and O–H groups in total. The fraction of sp³-hybridized carbons (Fsp3) is 0.688. The van der Waals surface area contributed by atoms with Crippen LogP contribution in [0, 0.1) is 11.3 Å². The molecule has 1 aromatic rings. The van der Waals surface area contributed by atoms with E-state index in [1.165, 1.54) is 19.3 Å². The minimum absolute atomic E-state index is 0.259. The lowest BCUT2D eigenvalue weighted by Gasteiger charge is -2.33. The average molecular weight is 261 g/mol. The van der Waals surface area contributed by atoms with Crippen molar-refractivity contribution in [3.63, 3.8) is 0 Å². The molecule has 3 nitrogen and oxygen atoms in total. The maximum absolute atomic E-state index is 4.13. The highest BCUT2D eigenvalue weighted by atomic mass is 15.1. The Balaban J connectivity index is 1.88. The number of allylic oxidation sites excluding steroid dienone is 2. The van der Waals surface area contributed by atoms with Crippen molar-refractivity contribution < 1.29 is 0 Å². The second-order valence-corrected chi connectivity index (χ2v) is 6.74. The van der Waals surface area contributed by atoms with Crippen molar-refractivity contribution in [2.24, 2.45) is 11.3 Å². The van der Waals surface area contributed by atoms with E-state index in [0.717, 1.165) is 19.0 Å².